The first kappa shape index (κ1) is 19.8. The molecule has 0 saturated heterocycles. The molecule has 1 atom stereocenters. The summed E-state index contributed by atoms with van der Waals surface area (Å²) >= 11 is 5.38. The Kier molecular flexibility index (Phi) is 11.6. The van der Waals surface area contributed by atoms with E-state index in [-0.39, 0.29) is 76.2 Å². The van der Waals surface area contributed by atoms with Crippen molar-refractivity contribution in [2.45, 2.75) is 6.10 Å². The molecule has 0 heterocycles. The van der Waals surface area contributed by atoms with Crippen molar-refractivity contribution in [2.24, 2.45) is 0 Å². The van der Waals surface area contributed by atoms with E-state index in [1.807, 2.05) is 0 Å². The summed E-state index contributed by atoms with van der Waals surface area (Å²) in [6, 6.07) is 0. The molecule has 6 nitrogen and oxygen atoms in total. The normalized spacial score (nSPS) is 13.3. The molecular weight excluding hydrogens is 285 g/mol. The molecule has 0 bridgehead atoms. The largest absolute Gasteiger partial charge is 1.00 e. The number of rotatable bonds is 7. The molecule has 0 aliphatic rings. The van der Waals surface area contributed by atoms with Gasteiger partial charge < -0.3 is 14.4 Å². The summed E-state index contributed by atoms with van der Waals surface area (Å²) in [7, 11) is -3.44. The van der Waals surface area contributed by atoms with Crippen molar-refractivity contribution in [3.8, 4) is 0 Å². The Labute approximate surface area is 143 Å². The molecule has 90 valence electrons. The van der Waals surface area contributed by atoms with E-state index in [0.717, 1.165) is 7.05 Å². The third kappa shape index (κ3) is 10.6. The maximum atomic E-state index is 10.4. The monoisotopic (exact) mass is 297 g/mol. The van der Waals surface area contributed by atoms with Crippen molar-refractivity contribution >= 4 is 21.9 Å². The van der Waals surface area contributed by atoms with E-state index >= 15 is 0 Å². The fourth-order valence-corrected chi connectivity index (χ4v) is 1.18. The zero-order valence-electron chi connectivity index (χ0n) is 9.22. The van der Waals surface area contributed by atoms with Crippen LogP contribution in [-0.4, -0.2) is 55.3 Å². The first-order valence-electron chi connectivity index (χ1n) is 3.99. The van der Waals surface area contributed by atoms with Crippen LogP contribution in [0, 0.1) is 0 Å². The number of ether oxygens (including phenoxy) is 1. The molecule has 0 aromatic heterocycles. The van der Waals surface area contributed by atoms with E-state index in [2.05, 4.69) is 6.58 Å². The second kappa shape index (κ2) is 9.39. The Bertz CT molecular complexity index is 310. The van der Waals surface area contributed by atoms with E-state index in [1.54, 1.807) is 0 Å². The van der Waals surface area contributed by atoms with Crippen molar-refractivity contribution in [1.29, 1.82) is 0 Å². The van der Waals surface area contributed by atoms with Gasteiger partial charge in [0.25, 0.3) is 0 Å². The Morgan fingerprint density at radius 1 is 1.69 bits per heavy atom. The summed E-state index contributed by atoms with van der Waals surface area (Å²) in [5.41, 5.74) is 0. The van der Waals surface area contributed by atoms with Crippen molar-refractivity contribution < 1.29 is 74.2 Å². The summed E-state index contributed by atoms with van der Waals surface area (Å²) < 4.78 is 36.7. The molecule has 9 heteroatoms. The van der Waals surface area contributed by atoms with Gasteiger partial charge >= 0.3 is 51.4 Å². The van der Waals surface area contributed by atoms with Crippen molar-refractivity contribution in [2.75, 3.05) is 26.8 Å². The Hall–Kier alpha value is 1.46. The summed E-state index contributed by atoms with van der Waals surface area (Å²) in [6.07, 6.45) is -1.07. The van der Waals surface area contributed by atoms with Gasteiger partial charge in [0.15, 0.2) is 10.3 Å². The number of nitrogens with zero attached hydrogens (tertiary/aromatic N) is 1. The molecule has 0 aromatic rings. The van der Waals surface area contributed by atoms with Crippen LogP contribution < -0.4 is 51.4 Å². The molecule has 1 N–H and O–H groups in total. The number of halogens is 1. The fraction of sp³-hybridized carbons (Fsp3) is 0.714. The smallest absolute Gasteiger partial charge is 0.735 e. The van der Waals surface area contributed by atoms with Gasteiger partial charge in [0.05, 0.1) is 19.3 Å². The van der Waals surface area contributed by atoms with Crippen LogP contribution in [0.4, 0.5) is 0 Å². The summed E-state index contributed by atoms with van der Waals surface area (Å²) in [5, 5.41) is 9.52. The first-order valence-corrected chi connectivity index (χ1v) is 5.74. The quantitative estimate of drug-likeness (QED) is 0.389. The molecule has 0 aliphatic heterocycles. The molecule has 0 radical (unpaired) electrons. The van der Waals surface area contributed by atoms with Crippen LogP contribution in [0.1, 0.15) is 0 Å². The Morgan fingerprint density at radius 3 is 2.56 bits per heavy atom. The predicted molar refractivity (Wildman–Crippen MR) is 54.1 cm³/mol. The summed E-state index contributed by atoms with van der Waals surface area (Å²) in [4.78, 5) is 0. The van der Waals surface area contributed by atoms with Gasteiger partial charge in [-0.15, -0.1) is 0 Å². The van der Waals surface area contributed by atoms with Crippen molar-refractivity contribution in [3.05, 3.63) is 11.6 Å². The minimum Gasteiger partial charge on any atom is -0.735 e. The predicted octanol–water partition coefficient (Wildman–Crippen LogP) is -3.49. The molecular formula is C7H13ClKNO5S. The summed E-state index contributed by atoms with van der Waals surface area (Å²) in [6.45, 7) is 2.98. The van der Waals surface area contributed by atoms with Crippen LogP contribution in [0.2, 0.25) is 0 Å². The number of hydrogen-bond acceptors (Lipinski definition) is 5. The van der Waals surface area contributed by atoms with E-state index in [1.165, 1.54) is 0 Å². The molecule has 16 heavy (non-hydrogen) atoms. The van der Waals surface area contributed by atoms with Gasteiger partial charge in [0, 0.05) is 18.6 Å². The Balaban J connectivity index is 0. The van der Waals surface area contributed by atoms with Crippen LogP contribution in [0.5, 0.6) is 0 Å². The molecule has 1 unspecified atom stereocenters. The Morgan fingerprint density at radius 2 is 2.19 bits per heavy atom. The second-order valence-electron chi connectivity index (χ2n) is 2.92. The zero-order chi connectivity index (χ0) is 12.1. The average Bonchev–Trinajstić information content (AvgIpc) is 2.01. The molecule has 0 rings (SSSR count). The number of aliphatic hydroxyl groups excluding tert-OH is 1. The van der Waals surface area contributed by atoms with Crippen LogP contribution in [0.25, 0.3) is 0 Å². The number of aliphatic hydroxyl groups is 1. The SMILES string of the molecule is C=C(Cl)COCC(O)CN(C)S(=O)(=O)[O-].[K+]. The minimum absolute atomic E-state index is 0. The van der Waals surface area contributed by atoms with Crippen LogP contribution in [0.15, 0.2) is 11.6 Å². The maximum absolute atomic E-state index is 10.4. The fourth-order valence-electron chi connectivity index (χ4n) is 0.746. The topological polar surface area (TPSA) is 89.9 Å². The number of hydrogen-bond donors (Lipinski definition) is 1. The molecule has 0 aliphatic carbocycles. The van der Waals surface area contributed by atoms with Crippen LogP contribution in [-0.2, 0) is 15.0 Å². The molecule has 0 saturated carbocycles. The first-order chi connectivity index (χ1) is 6.73. The van der Waals surface area contributed by atoms with Crippen LogP contribution >= 0.6 is 11.6 Å². The molecule has 0 fully saturated rings. The third-order valence-electron chi connectivity index (χ3n) is 1.42. The van der Waals surface area contributed by atoms with Gasteiger partial charge in [-0.3, -0.25) is 0 Å². The zero-order valence-corrected chi connectivity index (χ0v) is 13.9. The van der Waals surface area contributed by atoms with Gasteiger partial charge in [0.1, 0.15) is 0 Å². The van der Waals surface area contributed by atoms with Crippen LogP contribution in [0.3, 0.4) is 0 Å². The maximum Gasteiger partial charge on any atom is 1.00 e. The number of likely N-dealkylation sites (N-methyl/N-ethyl adjacent to an activating group) is 1. The van der Waals surface area contributed by atoms with Gasteiger partial charge in [-0.05, 0) is 0 Å². The average molecular weight is 298 g/mol. The standard InChI is InChI=1S/C7H14ClNO5S.K/c1-6(8)4-14-5-7(10)3-9(2)15(11,12)13;/h7,10H,1,3-5H2,2H3,(H,11,12,13);/q;+1/p-1. The minimum atomic E-state index is -4.52. The molecule has 0 aromatic carbocycles. The molecule has 0 spiro atoms. The van der Waals surface area contributed by atoms with Crippen molar-refractivity contribution in [3.63, 3.8) is 0 Å². The van der Waals surface area contributed by atoms with E-state index < -0.39 is 16.4 Å². The summed E-state index contributed by atoms with van der Waals surface area (Å²) in [5.74, 6) is 0. The third-order valence-corrected chi connectivity index (χ3v) is 2.44. The van der Waals surface area contributed by atoms with E-state index in [4.69, 9.17) is 16.3 Å². The van der Waals surface area contributed by atoms with Gasteiger partial charge in [-0.1, -0.05) is 18.2 Å². The van der Waals surface area contributed by atoms with Gasteiger partial charge in [-0.25, -0.2) is 12.7 Å². The van der Waals surface area contributed by atoms with Crippen molar-refractivity contribution in [1.82, 2.24) is 4.31 Å². The van der Waals surface area contributed by atoms with Gasteiger partial charge in [-0.2, -0.15) is 0 Å². The molecule has 0 amide bonds. The van der Waals surface area contributed by atoms with Gasteiger partial charge in [0.2, 0.25) is 0 Å². The second-order valence-corrected chi connectivity index (χ2v) is 4.94. The van der Waals surface area contributed by atoms with E-state index in [0.29, 0.717) is 4.31 Å². The van der Waals surface area contributed by atoms with E-state index in [9.17, 15) is 18.1 Å².